The molecule has 0 radical (unpaired) electrons. The highest BCUT2D eigenvalue weighted by Crippen LogP contribution is 2.47. The van der Waals surface area contributed by atoms with Gasteiger partial charge in [0.1, 0.15) is 8.24 Å². The van der Waals surface area contributed by atoms with Gasteiger partial charge in [-0.05, 0) is 42.9 Å². The molecule has 0 aliphatic heterocycles. The monoisotopic (exact) mass is 341 g/mol. The Kier molecular flexibility index (Phi) is 8.89. The first-order chi connectivity index (χ1) is 9.95. The molecule has 132 valence electrons. The van der Waals surface area contributed by atoms with Crippen LogP contribution in [-0.2, 0) is 0 Å². The topological polar surface area (TPSA) is 3.24 Å². The smallest absolute Gasteiger partial charge is 0.136 e. The van der Waals surface area contributed by atoms with Gasteiger partial charge in [-0.1, -0.05) is 73.1 Å². The molecule has 3 heteroatoms. The quantitative estimate of drug-likeness (QED) is 0.541. The third-order valence-electron chi connectivity index (χ3n) is 5.79. The van der Waals surface area contributed by atoms with E-state index >= 15 is 0 Å². The van der Waals surface area contributed by atoms with Crippen LogP contribution in [0.2, 0.25) is 16.6 Å². The van der Waals surface area contributed by atoms with E-state index in [4.69, 9.17) is 0 Å². The molecule has 0 aliphatic rings. The van der Waals surface area contributed by atoms with E-state index in [0.29, 0.717) is 12.1 Å². The summed E-state index contributed by atoms with van der Waals surface area (Å²) < 4.78 is 3.02. The molecule has 1 nitrogen and oxygen atoms in total. The fourth-order valence-electron chi connectivity index (χ4n) is 5.02. The molecule has 0 aromatic rings. The van der Waals surface area contributed by atoms with Gasteiger partial charge in [-0.2, -0.15) is 0 Å². The third kappa shape index (κ3) is 4.15. The molecule has 22 heavy (non-hydrogen) atoms. The van der Waals surface area contributed by atoms with E-state index in [9.17, 15) is 0 Å². The first kappa shape index (κ1) is 22.1. The van der Waals surface area contributed by atoms with E-state index in [-0.39, 0.29) is 0 Å². The Bertz CT molecular complexity index is 344. The van der Waals surface area contributed by atoms with Crippen molar-refractivity contribution in [3.8, 4) is 0 Å². The summed E-state index contributed by atoms with van der Waals surface area (Å²) in [6.07, 6.45) is 1.24. The summed E-state index contributed by atoms with van der Waals surface area (Å²) >= 11 is 0. The molecule has 0 rings (SSSR count). The average molecular weight is 342 g/mol. The van der Waals surface area contributed by atoms with Crippen LogP contribution < -0.4 is 0 Å². The second-order valence-corrected chi connectivity index (χ2v) is 15.7. The Morgan fingerprint density at radius 3 is 1.41 bits per heavy atom. The van der Waals surface area contributed by atoms with Crippen molar-refractivity contribution >= 4 is 18.5 Å². The van der Waals surface area contributed by atoms with Gasteiger partial charge in [0.25, 0.3) is 0 Å². The van der Waals surface area contributed by atoms with E-state index in [1.165, 1.54) is 16.7 Å². The molecule has 0 saturated carbocycles. The van der Waals surface area contributed by atoms with Gasteiger partial charge >= 0.3 is 0 Å². The lowest BCUT2D eigenvalue weighted by atomic mass is 10.1. The van der Waals surface area contributed by atoms with Crippen molar-refractivity contribution in [1.82, 2.24) is 4.57 Å². The van der Waals surface area contributed by atoms with E-state index in [1.807, 2.05) is 0 Å². The Morgan fingerprint density at radius 1 is 0.864 bits per heavy atom. The highest BCUT2D eigenvalue weighted by atomic mass is 28.3. The highest BCUT2D eigenvalue weighted by molar-refractivity contribution is 6.81. The van der Waals surface area contributed by atoms with Gasteiger partial charge in [0.15, 0.2) is 0 Å². The van der Waals surface area contributed by atoms with Gasteiger partial charge in [0, 0.05) is 16.3 Å². The highest BCUT2D eigenvalue weighted by Gasteiger charge is 2.51. The fourth-order valence-corrected chi connectivity index (χ4v) is 12.9. The summed E-state index contributed by atoms with van der Waals surface area (Å²) in [7, 11) is -0.407. The predicted molar refractivity (Wildman–Crippen MR) is 110 cm³/mol. The first-order valence-electron chi connectivity index (χ1n) is 9.38. The van der Waals surface area contributed by atoms with Crippen LogP contribution in [0.25, 0.3) is 0 Å². The van der Waals surface area contributed by atoms with Crippen molar-refractivity contribution in [2.75, 3.05) is 0 Å². The molecule has 1 atom stereocenters. The number of hydrogen-bond donors (Lipinski definition) is 0. The number of allylic oxidation sites excluding steroid dienone is 1. The van der Waals surface area contributed by atoms with E-state index < -0.39 is 8.24 Å². The molecule has 0 aromatic carbocycles. The molecule has 0 spiro atoms. The van der Waals surface area contributed by atoms with Crippen molar-refractivity contribution in [2.24, 2.45) is 0 Å². The van der Waals surface area contributed by atoms with Gasteiger partial charge < -0.3 is 4.57 Å². The first-order valence-corrected chi connectivity index (χ1v) is 12.6. The Morgan fingerprint density at radius 2 is 1.23 bits per heavy atom. The van der Waals surface area contributed by atoms with Crippen LogP contribution in [0, 0.1) is 0 Å². The van der Waals surface area contributed by atoms with Crippen LogP contribution >= 0.6 is 0 Å². The second kappa shape index (κ2) is 8.84. The predicted octanol–water partition coefficient (Wildman–Crippen LogP) is 5.31. The zero-order valence-electron chi connectivity index (χ0n) is 17.5. The van der Waals surface area contributed by atoms with Crippen molar-refractivity contribution in [3.63, 3.8) is 0 Å². The van der Waals surface area contributed by atoms with Crippen LogP contribution in [0.15, 0.2) is 10.8 Å². The SMILES string of the molecule is CCC(C(C)=C(C)[SiH3])N(C(C)C)[Si](C(C)C)(C(C)C)C(C)C. The van der Waals surface area contributed by atoms with Crippen LogP contribution in [0.4, 0.5) is 0 Å². The largest absolute Gasteiger partial charge is 0.314 e. The molecule has 0 heterocycles. The van der Waals surface area contributed by atoms with Crippen molar-refractivity contribution < 1.29 is 0 Å². The van der Waals surface area contributed by atoms with Gasteiger partial charge in [-0.15, -0.1) is 0 Å². The van der Waals surface area contributed by atoms with Gasteiger partial charge in [-0.3, -0.25) is 0 Å². The number of rotatable bonds is 8. The Balaban J connectivity index is 6.35. The van der Waals surface area contributed by atoms with Crippen LogP contribution in [0.3, 0.4) is 0 Å². The summed E-state index contributed by atoms with van der Waals surface area (Å²) in [6.45, 7) is 26.9. The summed E-state index contributed by atoms with van der Waals surface area (Å²) in [5.74, 6) is 0. The van der Waals surface area contributed by atoms with E-state index in [0.717, 1.165) is 16.6 Å². The summed E-state index contributed by atoms with van der Waals surface area (Å²) in [6, 6.07) is 1.26. The van der Waals surface area contributed by atoms with Crippen LogP contribution in [0.5, 0.6) is 0 Å². The average Bonchev–Trinajstić information content (AvgIpc) is 2.36. The number of hydrogen-bond acceptors (Lipinski definition) is 1. The summed E-state index contributed by atoms with van der Waals surface area (Å²) in [5, 5.41) is 1.64. The zero-order chi connectivity index (χ0) is 17.8. The Labute approximate surface area is 145 Å². The molecule has 1 unspecified atom stereocenters. The Hall–Kier alpha value is 0.134. The molecule has 0 aliphatic carbocycles. The molecular formula is C19H43NSi2. The van der Waals surface area contributed by atoms with Crippen molar-refractivity contribution in [2.45, 2.75) is 111 Å². The van der Waals surface area contributed by atoms with E-state index in [1.54, 1.807) is 10.8 Å². The normalized spacial score (nSPS) is 16.4. The molecule has 0 fully saturated rings. The lowest BCUT2D eigenvalue weighted by molar-refractivity contribution is 0.266. The molecule has 0 saturated heterocycles. The fraction of sp³-hybridized carbons (Fsp3) is 0.895. The van der Waals surface area contributed by atoms with Crippen LogP contribution in [0.1, 0.15) is 82.6 Å². The molecule has 0 aromatic heterocycles. The van der Waals surface area contributed by atoms with Crippen molar-refractivity contribution in [3.05, 3.63) is 10.8 Å². The standard InChI is InChI=1S/C19H43NSi2/c1-12-19(17(10)18(11)21)20(13(2)3)22(14(4)5,15(6)7)16(8)9/h13-16,19H,12H2,1-11,21H3. The maximum atomic E-state index is 3.02. The van der Waals surface area contributed by atoms with E-state index in [2.05, 4.69) is 80.7 Å². The second-order valence-electron chi connectivity index (χ2n) is 8.46. The molecular weight excluding hydrogens is 298 g/mol. The minimum absolute atomic E-state index is 0.625. The summed E-state index contributed by atoms with van der Waals surface area (Å²) in [4.78, 5) is 0. The third-order valence-corrected chi connectivity index (χ3v) is 13.8. The molecule has 0 N–H and O–H groups in total. The van der Waals surface area contributed by atoms with Gasteiger partial charge in [0.05, 0.1) is 0 Å². The van der Waals surface area contributed by atoms with Gasteiger partial charge in [0.2, 0.25) is 0 Å². The molecule has 0 bridgehead atoms. The maximum Gasteiger partial charge on any atom is 0.136 e. The maximum absolute atomic E-state index is 3.02. The van der Waals surface area contributed by atoms with Crippen molar-refractivity contribution in [1.29, 1.82) is 0 Å². The minimum Gasteiger partial charge on any atom is -0.314 e. The zero-order valence-corrected chi connectivity index (χ0v) is 20.5. The minimum atomic E-state index is -1.60. The molecule has 0 amide bonds. The van der Waals surface area contributed by atoms with Crippen LogP contribution in [-0.4, -0.2) is 35.1 Å². The summed E-state index contributed by atoms with van der Waals surface area (Å²) in [5.41, 5.74) is 4.00. The van der Waals surface area contributed by atoms with Gasteiger partial charge in [-0.25, -0.2) is 0 Å². The number of nitrogens with zero attached hydrogens (tertiary/aromatic N) is 1. The lowest BCUT2D eigenvalue weighted by Gasteiger charge is -2.56. The lowest BCUT2D eigenvalue weighted by Crippen LogP contribution is -2.65.